The van der Waals surface area contributed by atoms with Crippen LogP contribution in [0.15, 0.2) is 24.8 Å². The fraction of sp³-hybridized carbons (Fsp3) is 0. The SMILES string of the molecule is O=[n+]1ncnc2ccn([O-])cc1-2. The summed E-state index contributed by atoms with van der Waals surface area (Å²) in [5.41, 5.74) is 0.613. The van der Waals surface area contributed by atoms with Crippen molar-refractivity contribution < 1.29 is 4.54 Å². The Labute approximate surface area is 66.6 Å². The molecule has 2 heterocycles. The van der Waals surface area contributed by atoms with Crippen LogP contribution in [0.1, 0.15) is 0 Å². The highest BCUT2D eigenvalue weighted by Gasteiger charge is 2.15. The van der Waals surface area contributed by atoms with Crippen LogP contribution in [0.25, 0.3) is 11.4 Å². The van der Waals surface area contributed by atoms with Crippen molar-refractivity contribution in [1.29, 1.82) is 0 Å². The van der Waals surface area contributed by atoms with Gasteiger partial charge in [-0.25, -0.2) is 4.98 Å². The Morgan fingerprint density at radius 3 is 3.25 bits per heavy atom. The van der Waals surface area contributed by atoms with Crippen molar-refractivity contribution in [2.24, 2.45) is 0 Å². The Balaban J connectivity index is 2.88. The first-order chi connectivity index (χ1) is 5.77. The zero-order valence-corrected chi connectivity index (χ0v) is 5.91. The van der Waals surface area contributed by atoms with Gasteiger partial charge in [-0.3, -0.25) is 0 Å². The van der Waals surface area contributed by atoms with E-state index in [9.17, 15) is 10.1 Å². The van der Waals surface area contributed by atoms with Crippen molar-refractivity contribution in [3.63, 3.8) is 0 Å². The van der Waals surface area contributed by atoms with E-state index >= 15 is 0 Å². The molecule has 6 heteroatoms. The first kappa shape index (κ1) is 6.71. The standard InChI is InChI=1S/C6H4N4O2/c11-9-2-1-5-6(3-9)10(12)8-4-7-5/h1-4H. The van der Waals surface area contributed by atoms with Crippen molar-refractivity contribution in [3.05, 3.63) is 34.9 Å². The molecule has 2 aliphatic rings. The van der Waals surface area contributed by atoms with Crippen LogP contribution in [0, 0.1) is 10.1 Å². The summed E-state index contributed by atoms with van der Waals surface area (Å²) < 4.78 is 0.886. The van der Waals surface area contributed by atoms with Gasteiger partial charge in [0.15, 0.2) is 10.9 Å². The molecule has 2 aliphatic heterocycles. The molecular weight excluding hydrogens is 160 g/mol. The lowest BCUT2D eigenvalue weighted by molar-refractivity contribution is -0.554. The number of hydrogen-bond donors (Lipinski definition) is 0. The monoisotopic (exact) mass is 164 g/mol. The Kier molecular flexibility index (Phi) is 1.26. The number of aromatic nitrogens is 4. The van der Waals surface area contributed by atoms with Crippen molar-refractivity contribution in [2.75, 3.05) is 0 Å². The summed E-state index contributed by atoms with van der Waals surface area (Å²) in [6.07, 6.45) is 3.54. The first-order valence-electron chi connectivity index (χ1n) is 3.21. The molecule has 0 amide bonds. The van der Waals surface area contributed by atoms with Gasteiger partial charge >= 0.3 is 5.69 Å². The van der Waals surface area contributed by atoms with Gasteiger partial charge in [-0.2, -0.15) is 0 Å². The Bertz CT molecular complexity index is 438. The molecule has 0 fully saturated rings. The second kappa shape index (κ2) is 2.26. The molecule has 0 aromatic rings. The van der Waals surface area contributed by atoms with Gasteiger partial charge in [-0.1, -0.05) is 0 Å². The molecule has 0 bridgehead atoms. The molecule has 0 saturated carbocycles. The molecule has 0 aromatic carbocycles. The van der Waals surface area contributed by atoms with E-state index in [1.54, 1.807) is 0 Å². The lowest BCUT2D eigenvalue weighted by atomic mass is 10.3. The van der Waals surface area contributed by atoms with Crippen LogP contribution in [-0.2, 0) is 0 Å². The summed E-state index contributed by atoms with van der Waals surface area (Å²) in [5.74, 6) is 0. The Morgan fingerprint density at radius 1 is 1.58 bits per heavy atom. The number of rotatable bonds is 0. The molecule has 0 aromatic heterocycles. The van der Waals surface area contributed by atoms with E-state index in [1.807, 2.05) is 0 Å². The van der Waals surface area contributed by atoms with Crippen molar-refractivity contribution in [2.45, 2.75) is 0 Å². The smallest absolute Gasteiger partial charge is 0.336 e. The lowest BCUT2D eigenvalue weighted by Gasteiger charge is -2.07. The summed E-state index contributed by atoms with van der Waals surface area (Å²) in [7, 11) is 0. The van der Waals surface area contributed by atoms with Crippen molar-refractivity contribution in [3.8, 4) is 11.4 Å². The fourth-order valence-electron chi connectivity index (χ4n) is 0.913. The van der Waals surface area contributed by atoms with Gasteiger partial charge in [0, 0.05) is 6.20 Å². The topological polar surface area (TPSA) is 76.7 Å². The molecule has 2 rings (SSSR count). The number of nitrogens with zero attached hydrogens (tertiary/aromatic N) is 4. The van der Waals surface area contributed by atoms with Crippen LogP contribution in [0.3, 0.4) is 0 Å². The highest BCUT2D eigenvalue weighted by molar-refractivity contribution is 5.48. The second-order valence-corrected chi connectivity index (χ2v) is 2.21. The lowest BCUT2D eigenvalue weighted by Crippen LogP contribution is -2.24. The van der Waals surface area contributed by atoms with Gasteiger partial charge < -0.3 is 9.94 Å². The third-order valence-corrected chi connectivity index (χ3v) is 1.45. The van der Waals surface area contributed by atoms with Gasteiger partial charge in [0.05, 0.1) is 16.2 Å². The Hall–Kier alpha value is -1.98. The molecule has 0 radical (unpaired) electrons. The molecule has 0 saturated heterocycles. The third kappa shape index (κ3) is 0.895. The normalized spacial score (nSPS) is 10.3. The molecule has 12 heavy (non-hydrogen) atoms. The predicted molar refractivity (Wildman–Crippen MR) is 38.8 cm³/mol. The quantitative estimate of drug-likeness (QED) is 0.498. The van der Waals surface area contributed by atoms with Crippen LogP contribution in [0.4, 0.5) is 0 Å². The van der Waals surface area contributed by atoms with E-state index < -0.39 is 0 Å². The van der Waals surface area contributed by atoms with Gasteiger partial charge in [0.25, 0.3) is 0 Å². The van der Waals surface area contributed by atoms with E-state index in [2.05, 4.69) is 10.1 Å². The van der Waals surface area contributed by atoms with Gasteiger partial charge in [0.1, 0.15) is 5.69 Å². The Morgan fingerprint density at radius 2 is 2.42 bits per heavy atom. The highest BCUT2D eigenvalue weighted by atomic mass is 16.5. The summed E-state index contributed by atoms with van der Waals surface area (Å²) in [5, 5.41) is 14.1. The van der Waals surface area contributed by atoms with E-state index in [1.165, 1.54) is 12.3 Å². The predicted octanol–water partition coefficient (Wildman–Crippen LogP) is -0.357. The molecular formula is C6H4N4O2. The van der Waals surface area contributed by atoms with Gasteiger partial charge in [0.2, 0.25) is 0 Å². The molecule has 0 unspecified atom stereocenters. The van der Waals surface area contributed by atoms with E-state index in [-0.39, 0.29) is 5.69 Å². The third-order valence-electron chi connectivity index (χ3n) is 1.45. The molecule has 0 N–H and O–H groups in total. The molecule has 0 spiro atoms. The average molecular weight is 164 g/mol. The van der Waals surface area contributed by atoms with Crippen LogP contribution in [0.5, 0.6) is 0 Å². The second-order valence-electron chi connectivity index (χ2n) is 2.21. The van der Waals surface area contributed by atoms with Crippen molar-refractivity contribution >= 4 is 0 Å². The first-order valence-corrected chi connectivity index (χ1v) is 3.21. The minimum atomic E-state index is 0.162. The average Bonchev–Trinajstić information content (AvgIpc) is 2.07. The summed E-state index contributed by atoms with van der Waals surface area (Å²) >= 11 is 0. The minimum absolute atomic E-state index is 0.162. The van der Waals surface area contributed by atoms with Gasteiger partial charge in [-0.05, 0) is 6.07 Å². The number of hydrogen-bond acceptors (Lipinski definition) is 4. The molecule has 6 nitrogen and oxygen atoms in total. The maximum Gasteiger partial charge on any atom is 0.336 e. The molecule has 0 aliphatic carbocycles. The highest BCUT2D eigenvalue weighted by Crippen LogP contribution is 2.09. The summed E-state index contributed by atoms with van der Waals surface area (Å²) in [6, 6.07) is 1.46. The number of pyridine rings is 1. The zero-order valence-electron chi connectivity index (χ0n) is 5.91. The zero-order chi connectivity index (χ0) is 8.55. The maximum atomic E-state index is 10.9. The number of fused-ring (bicyclic) bond motifs is 1. The fourth-order valence-corrected chi connectivity index (χ4v) is 0.913. The molecule has 0 atom stereocenters. The largest absolute Gasteiger partial charge is 0.806 e. The van der Waals surface area contributed by atoms with E-state index in [4.69, 9.17) is 0 Å². The summed E-state index contributed by atoms with van der Waals surface area (Å²) in [6.45, 7) is 0. The van der Waals surface area contributed by atoms with Crippen molar-refractivity contribution in [1.82, 2.24) is 14.8 Å². The summed E-state index contributed by atoms with van der Waals surface area (Å²) in [4.78, 5) is 14.7. The minimum Gasteiger partial charge on any atom is -0.806 e. The van der Waals surface area contributed by atoms with E-state index in [0.29, 0.717) is 15.0 Å². The van der Waals surface area contributed by atoms with Gasteiger partial charge in [-0.15, -0.1) is 0 Å². The van der Waals surface area contributed by atoms with Crippen LogP contribution >= 0.6 is 0 Å². The van der Waals surface area contributed by atoms with Crippen LogP contribution in [0.2, 0.25) is 0 Å². The molecule has 60 valence electrons. The maximum absolute atomic E-state index is 10.9. The van der Waals surface area contributed by atoms with E-state index in [0.717, 1.165) is 12.5 Å². The van der Waals surface area contributed by atoms with Crippen LogP contribution in [-0.4, -0.2) is 14.8 Å². The van der Waals surface area contributed by atoms with Crippen LogP contribution < -0.4 is 4.54 Å².